The van der Waals surface area contributed by atoms with Gasteiger partial charge in [0.15, 0.2) is 0 Å². The Kier molecular flexibility index (Phi) is 6.07. The summed E-state index contributed by atoms with van der Waals surface area (Å²) in [4.78, 5) is 12.1. The van der Waals surface area contributed by atoms with Crippen LogP contribution in [0.15, 0.2) is 41.0 Å². The second kappa shape index (κ2) is 8.25. The molecule has 1 aromatic carbocycles. The number of ether oxygens (including phenoxy) is 2. The normalized spacial score (nSPS) is 12.0. The molecule has 2 aromatic rings. The van der Waals surface area contributed by atoms with Crippen LogP contribution in [0.5, 0.6) is 5.75 Å². The molecule has 24 heavy (non-hydrogen) atoms. The molecule has 2 N–H and O–H groups in total. The van der Waals surface area contributed by atoms with Crippen molar-refractivity contribution >= 4 is 11.7 Å². The van der Waals surface area contributed by atoms with Crippen LogP contribution in [0, 0.1) is 5.82 Å². The van der Waals surface area contributed by atoms with Crippen LogP contribution in [0.1, 0.15) is 11.8 Å². The molecule has 0 bridgehead atoms. The Bertz CT molecular complexity index is 665. The van der Waals surface area contributed by atoms with Crippen LogP contribution < -0.4 is 15.4 Å². The highest BCUT2D eigenvalue weighted by molar-refractivity contribution is 5.91. The molecule has 0 aliphatic rings. The lowest BCUT2D eigenvalue weighted by atomic mass is 10.2. The molecule has 0 unspecified atom stereocenters. The van der Waals surface area contributed by atoms with Gasteiger partial charge < -0.3 is 24.5 Å². The molecule has 2 amide bonds. The van der Waals surface area contributed by atoms with Crippen molar-refractivity contribution < 1.29 is 31.9 Å². The number of carbonyl (C=O) groups is 1. The summed E-state index contributed by atoms with van der Waals surface area (Å²) in [5.74, 6) is -0.635. The van der Waals surface area contributed by atoms with Crippen LogP contribution >= 0.6 is 0 Å². The minimum absolute atomic E-state index is 0.116. The monoisotopic (exact) mass is 344 g/mol. The second-order valence-electron chi connectivity index (χ2n) is 4.64. The number of amides is 2. The van der Waals surface area contributed by atoms with Crippen LogP contribution in [0.4, 0.5) is 23.7 Å². The number of urea groups is 1. The summed E-state index contributed by atoms with van der Waals surface area (Å²) in [5, 5.41) is 4.80. The van der Waals surface area contributed by atoms with E-state index < -0.39 is 24.5 Å². The molecular weight excluding hydrogens is 329 g/mol. The van der Waals surface area contributed by atoms with Gasteiger partial charge in [-0.25, -0.2) is 9.18 Å². The molecule has 1 heterocycles. The fraction of sp³-hybridized carbons (Fsp3) is 0.267. The number of benzene rings is 1. The summed E-state index contributed by atoms with van der Waals surface area (Å²) in [6.07, 6.45) is 1.43. The molecular formula is C15H15F3N2O4. The maximum Gasteiger partial charge on any atom is 0.387 e. The topological polar surface area (TPSA) is 72.7 Å². The number of furan rings is 1. The van der Waals surface area contributed by atoms with E-state index in [9.17, 15) is 18.0 Å². The van der Waals surface area contributed by atoms with Gasteiger partial charge in [0.05, 0.1) is 18.6 Å². The van der Waals surface area contributed by atoms with E-state index >= 15 is 0 Å². The zero-order valence-electron chi connectivity index (χ0n) is 12.6. The van der Waals surface area contributed by atoms with Gasteiger partial charge in [-0.15, -0.1) is 0 Å². The first kappa shape index (κ1) is 17.7. The maximum atomic E-state index is 13.3. The van der Waals surface area contributed by atoms with Crippen molar-refractivity contribution in [1.82, 2.24) is 5.32 Å². The highest BCUT2D eigenvalue weighted by atomic mass is 19.3. The third kappa shape index (κ3) is 4.92. The van der Waals surface area contributed by atoms with E-state index in [1.54, 1.807) is 12.1 Å². The molecule has 0 spiro atoms. The first-order valence-corrected chi connectivity index (χ1v) is 6.84. The van der Waals surface area contributed by atoms with E-state index in [1.807, 2.05) is 0 Å². The first-order chi connectivity index (χ1) is 11.5. The summed E-state index contributed by atoms with van der Waals surface area (Å²) in [6.45, 7) is -2.99. The molecule has 2 rings (SSSR count). The number of hydrogen-bond donors (Lipinski definition) is 2. The Morgan fingerprint density at radius 3 is 2.75 bits per heavy atom. The molecule has 0 fully saturated rings. The van der Waals surface area contributed by atoms with E-state index in [4.69, 9.17) is 9.15 Å². The molecule has 130 valence electrons. The number of carbonyl (C=O) groups excluding carboxylic acids is 1. The fourth-order valence-corrected chi connectivity index (χ4v) is 1.97. The van der Waals surface area contributed by atoms with Gasteiger partial charge in [0.25, 0.3) is 0 Å². The first-order valence-electron chi connectivity index (χ1n) is 6.84. The van der Waals surface area contributed by atoms with Gasteiger partial charge in [-0.05, 0) is 24.3 Å². The van der Waals surface area contributed by atoms with Gasteiger partial charge in [-0.3, -0.25) is 0 Å². The van der Waals surface area contributed by atoms with Crippen molar-refractivity contribution in [3.8, 4) is 5.75 Å². The number of hydrogen-bond acceptors (Lipinski definition) is 4. The van der Waals surface area contributed by atoms with Crippen molar-refractivity contribution in [1.29, 1.82) is 0 Å². The highest BCUT2D eigenvalue weighted by Gasteiger charge is 2.19. The lowest BCUT2D eigenvalue weighted by molar-refractivity contribution is -0.0494. The average molecular weight is 344 g/mol. The van der Waals surface area contributed by atoms with Crippen LogP contribution in [0.25, 0.3) is 0 Å². The van der Waals surface area contributed by atoms with E-state index in [2.05, 4.69) is 15.4 Å². The van der Waals surface area contributed by atoms with E-state index in [-0.39, 0.29) is 18.0 Å². The smallest absolute Gasteiger partial charge is 0.387 e. The summed E-state index contributed by atoms with van der Waals surface area (Å²) >= 11 is 0. The Labute approximate surface area is 135 Å². The summed E-state index contributed by atoms with van der Waals surface area (Å²) in [7, 11) is 1.44. The van der Waals surface area contributed by atoms with Gasteiger partial charge in [0.1, 0.15) is 23.4 Å². The molecule has 6 nitrogen and oxygen atoms in total. The van der Waals surface area contributed by atoms with Crippen LogP contribution in [-0.4, -0.2) is 26.4 Å². The molecule has 0 saturated carbocycles. The Balaban J connectivity index is 2.09. The number of methoxy groups -OCH3 is 1. The van der Waals surface area contributed by atoms with E-state index in [0.717, 1.165) is 18.2 Å². The van der Waals surface area contributed by atoms with Crippen molar-refractivity contribution in [3.05, 3.63) is 48.2 Å². The van der Waals surface area contributed by atoms with Crippen molar-refractivity contribution in [2.24, 2.45) is 0 Å². The molecule has 1 atom stereocenters. The lowest BCUT2D eigenvalue weighted by Crippen LogP contribution is -2.34. The van der Waals surface area contributed by atoms with Gasteiger partial charge in [-0.1, -0.05) is 0 Å². The quantitative estimate of drug-likeness (QED) is 0.806. The minimum Gasteiger partial charge on any atom is -0.467 e. The van der Waals surface area contributed by atoms with E-state index in [1.165, 1.54) is 13.4 Å². The molecule has 9 heteroatoms. The standard InChI is InChI=1S/C15H15F3N2O4/c1-22-8-11(12-3-2-6-23-12)20-15(21)19-10-7-9(16)4-5-13(10)24-14(17)18/h2-7,11,14H,8H2,1H3,(H2,19,20,21)/t11-/m0/s1. The SMILES string of the molecule is COC[C@H](NC(=O)Nc1cc(F)ccc1OC(F)F)c1ccco1. The Hall–Kier alpha value is -2.68. The number of nitrogens with one attached hydrogen (secondary N) is 2. The number of halogens is 3. The third-order valence-corrected chi connectivity index (χ3v) is 2.93. The minimum atomic E-state index is -3.11. The summed E-state index contributed by atoms with van der Waals surface area (Å²) < 4.78 is 52.4. The van der Waals surface area contributed by atoms with Gasteiger partial charge in [-0.2, -0.15) is 8.78 Å². The predicted molar refractivity (Wildman–Crippen MR) is 78.5 cm³/mol. The van der Waals surface area contributed by atoms with Crippen molar-refractivity contribution in [3.63, 3.8) is 0 Å². The van der Waals surface area contributed by atoms with Gasteiger partial charge in [0, 0.05) is 13.2 Å². The molecule has 0 aliphatic carbocycles. The van der Waals surface area contributed by atoms with Gasteiger partial charge >= 0.3 is 12.6 Å². The van der Waals surface area contributed by atoms with Crippen LogP contribution in [0.3, 0.4) is 0 Å². The van der Waals surface area contributed by atoms with Crippen LogP contribution in [0.2, 0.25) is 0 Å². The Morgan fingerprint density at radius 2 is 2.12 bits per heavy atom. The van der Waals surface area contributed by atoms with E-state index in [0.29, 0.717) is 5.76 Å². The Morgan fingerprint density at radius 1 is 1.33 bits per heavy atom. The second-order valence-corrected chi connectivity index (χ2v) is 4.64. The van der Waals surface area contributed by atoms with Crippen LogP contribution in [-0.2, 0) is 4.74 Å². The highest BCUT2D eigenvalue weighted by Crippen LogP contribution is 2.27. The molecule has 0 saturated heterocycles. The molecule has 0 radical (unpaired) electrons. The number of alkyl halides is 2. The maximum absolute atomic E-state index is 13.3. The average Bonchev–Trinajstić information content (AvgIpc) is 3.03. The lowest BCUT2D eigenvalue weighted by Gasteiger charge is -2.17. The zero-order chi connectivity index (χ0) is 17.5. The van der Waals surface area contributed by atoms with Crippen molar-refractivity contribution in [2.75, 3.05) is 19.0 Å². The van der Waals surface area contributed by atoms with Crippen molar-refractivity contribution in [2.45, 2.75) is 12.7 Å². The summed E-state index contributed by atoms with van der Waals surface area (Å²) in [5.41, 5.74) is -0.233. The number of rotatable bonds is 7. The third-order valence-electron chi connectivity index (χ3n) is 2.93. The largest absolute Gasteiger partial charge is 0.467 e. The summed E-state index contributed by atoms with van der Waals surface area (Å²) in [6, 6.07) is 4.70. The molecule has 0 aliphatic heterocycles. The molecule has 1 aromatic heterocycles. The fourth-order valence-electron chi connectivity index (χ4n) is 1.97. The number of anilines is 1. The van der Waals surface area contributed by atoms with Gasteiger partial charge in [0.2, 0.25) is 0 Å². The predicted octanol–water partition coefficient (Wildman–Crippen LogP) is 3.53. The zero-order valence-corrected chi connectivity index (χ0v) is 12.6.